The maximum Gasteiger partial charge on any atom is 0.198 e. The summed E-state index contributed by atoms with van der Waals surface area (Å²) in [7, 11) is 0. The molecule has 0 atom stereocenters. The first kappa shape index (κ1) is 17.0. The molecule has 0 bridgehead atoms. The molecule has 0 radical (unpaired) electrons. The molecule has 0 fully saturated rings. The number of halogens is 2. The van der Waals surface area contributed by atoms with Gasteiger partial charge in [-0.1, -0.05) is 38.1 Å². The van der Waals surface area contributed by atoms with Gasteiger partial charge in [0.25, 0.3) is 0 Å². The van der Waals surface area contributed by atoms with Gasteiger partial charge in [-0.2, -0.15) is 0 Å². The molecule has 0 saturated carbocycles. The minimum Gasteiger partial charge on any atom is -0.457 e. The molecule has 0 saturated heterocycles. The lowest BCUT2D eigenvalue weighted by Gasteiger charge is -2.12. The SMILES string of the molecule is CC(C)c1cc(F)c(Oc2cccc(Oc3ccccc3)c2)c(F)c1. The van der Waals surface area contributed by atoms with Gasteiger partial charge >= 0.3 is 0 Å². The lowest BCUT2D eigenvalue weighted by Crippen LogP contribution is -1.97. The second-order valence-corrected chi connectivity index (χ2v) is 5.96. The Morgan fingerprint density at radius 3 is 1.84 bits per heavy atom. The number of hydrogen-bond donors (Lipinski definition) is 0. The zero-order valence-electron chi connectivity index (χ0n) is 14.0. The van der Waals surface area contributed by atoms with Gasteiger partial charge in [0, 0.05) is 6.07 Å². The predicted octanol–water partition coefficient (Wildman–Crippen LogP) is 6.67. The zero-order valence-corrected chi connectivity index (χ0v) is 14.0. The monoisotopic (exact) mass is 340 g/mol. The summed E-state index contributed by atoms with van der Waals surface area (Å²) in [6.07, 6.45) is 0. The third kappa shape index (κ3) is 4.15. The van der Waals surface area contributed by atoms with Crippen LogP contribution < -0.4 is 9.47 Å². The molecule has 0 spiro atoms. The highest BCUT2D eigenvalue weighted by molar-refractivity contribution is 5.41. The predicted molar refractivity (Wildman–Crippen MR) is 93.5 cm³/mol. The Balaban J connectivity index is 1.83. The molecule has 128 valence electrons. The normalized spacial score (nSPS) is 10.8. The molecule has 2 nitrogen and oxygen atoms in total. The van der Waals surface area contributed by atoms with Crippen LogP contribution in [0.4, 0.5) is 8.78 Å². The minimum atomic E-state index is -0.724. The summed E-state index contributed by atoms with van der Waals surface area (Å²) >= 11 is 0. The van der Waals surface area contributed by atoms with Gasteiger partial charge < -0.3 is 9.47 Å². The molecule has 0 aliphatic heterocycles. The second kappa shape index (κ2) is 7.34. The smallest absolute Gasteiger partial charge is 0.198 e. The van der Waals surface area contributed by atoms with Crippen molar-refractivity contribution in [3.05, 3.63) is 83.9 Å². The Labute approximate surface area is 145 Å². The largest absolute Gasteiger partial charge is 0.457 e. The first-order valence-electron chi connectivity index (χ1n) is 8.02. The van der Waals surface area contributed by atoms with Gasteiger partial charge in [0.15, 0.2) is 17.4 Å². The topological polar surface area (TPSA) is 18.5 Å². The highest BCUT2D eigenvalue weighted by atomic mass is 19.1. The van der Waals surface area contributed by atoms with E-state index in [4.69, 9.17) is 9.47 Å². The van der Waals surface area contributed by atoms with E-state index in [2.05, 4.69) is 0 Å². The van der Waals surface area contributed by atoms with Crippen LogP contribution >= 0.6 is 0 Å². The summed E-state index contributed by atoms with van der Waals surface area (Å²) in [6, 6.07) is 18.5. The average molecular weight is 340 g/mol. The van der Waals surface area contributed by atoms with Crippen molar-refractivity contribution in [1.29, 1.82) is 0 Å². The Kier molecular flexibility index (Phi) is 4.98. The van der Waals surface area contributed by atoms with Crippen molar-refractivity contribution in [1.82, 2.24) is 0 Å². The quantitative estimate of drug-likeness (QED) is 0.516. The lowest BCUT2D eigenvalue weighted by molar-refractivity contribution is 0.402. The van der Waals surface area contributed by atoms with Crippen LogP contribution in [-0.4, -0.2) is 0 Å². The summed E-state index contributed by atoms with van der Waals surface area (Å²) in [5, 5.41) is 0. The van der Waals surface area contributed by atoms with E-state index in [1.165, 1.54) is 12.1 Å². The fraction of sp³-hybridized carbons (Fsp3) is 0.143. The van der Waals surface area contributed by atoms with Crippen molar-refractivity contribution < 1.29 is 18.3 Å². The molecule has 0 amide bonds. The number of para-hydroxylation sites is 1. The molecule has 0 aliphatic rings. The van der Waals surface area contributed by atoms with Crippen LogP contribution in [0.15, 0.2) is 66.7 Å². The Bertz CT molecular complexity index is 838. The molecule has 0 aromatic heterocycles. The fourth-order valence-electron chi connectivity index (χ4n) is 2.35. The third-order valence-electron chi connectivity index (χ3n) is 3.69. The van der Waals surface area contributed by atoms with E-state index in [1.807, 2.05) is 44.2 Å². The van der Waals surface area contributed by atoms with Gasteiger partial charge in [-0.25, -0.2) is 8.78 Å². The first-order valence-corrected chi connectivity index (χ1v) is 8.02. The molecular formula is C21H18F2O2. The average Bonchev–Trinajstić information content (AvgIpc) is 2.59. The van der Waals surface area contributed by atoms with Crippen molar-refractivity contribution in [3.8, 4) is 23.0 Å². The van der Waals surface area contributed by atoms with Gasteiger partial charge in [0.2, 0.25) is 0 Å². The zero-order chi connectivity index (χ0) is 17.8. The molecule has 25 heavy (non-hydrogen) atoms. The van der Waals surface area contributed by atoms with Crippen molar-refractivity contribution in [2.75, 3.05) is 0 Å². The minimum absolute atomic E-state index is 0.0284. The number of hydrogen-bond acceptors (Lipinski definition) is 2. The highest BCUT2D eigenvalue weighted by Crippen LogP contribution is 2.33. The van der Waals surface area contributed by atoms with E-state index < -0.39 is 17.4 Å². The van der Waals surface area contributed by atoms with E-state index in [0.29, 0.717) is 22.8 Å². The van der Waals surface area contributed by atoms with Crippen LogP contribution in [0.2, 0.25) is 0 Å². The number of benzene rings is 3. The highest BCUT2D eigenvalue weighted by Gasteiger charge is 2.15. The number of ether oxygens (including phenoxy) is 2. The van der Waals surface area contributed by atoms with Gasteiger partial charge in [-0.3, -0.25) is 0 Å². The van der Waals surface area contributed by atoms with Gasteiger partial charge in [0.1, 0.15) is 17.2 Å². The van der Waals surface area contributed by atoms with E-state index in [-0.39, 0.29) is 5.92 Å². The Morgan fingerprint density at radius 2 is 1.24 bits per heavy atom. The van der Waals surface area contributed by atoms with Gasteiger partial charge in [-0.05, 0) is 47.9 Å². The van der Waals surface area contributed by atoms with Crippen LogP contribution in [-0.2, 0) is 0 Å². The standard InChI is InChI=1S/C21H18F2O2/c1-14(2)15-11-19(22)21(20(23)12-15)25-18-10-6-9-17(13-18)24-16-7-4-3-5-8-16/h3-14H,1-2H3. The van der Waals surface area contributed by atoms with Crippen LogP contribution in [0.5, 0.6) is 23.0 Å². The molecule has 3 aromatic carbocycles. The molecule has 4 heteroatoms. The summed E-state index contributed by atoms with van der Waals surface area (Å²) in [6.45, 7) is 3.75. The molecule has 3 aromatic rings. The van der Waals surface area contributed by atoms with Crippen LogP contribution in [0.3, 0.4) is 0 Å². The summed E-state index contributed by atoms with van der Waals surface area (Å²) in [4.78, 5) is 0. The molecular weight excluding hydrogens is 322 g/mol. The molecule has 0 N–H and O–H groups in total. The molecule has 0 unspecified atom stereocenters. The van der Waals surface area contributed by atoms with Gasteiger partial charge in [-0.15, -0.1) is 0 Å². The molecule has 0 aliphatic carbocycles. The summed E-state index contributed by atoms with van der Waals surface area (Å²) in [5.74, 6) is -0.358. The van der Waals surface area contributed by atoms with Crippen molar-refractivity contribution in [2.45, 2.75) is 19.8 Å². The van der Waals surface area contributed by atoms with Crippen molar-refractivity contribution in [2.24, 2.45) is 0 Å². The summed E-state index contributed by atoms with van der Waals surface area (Å²) < 4.78 is 39.5. The van der Waals surface area contributed by atoms with Crippen LogP contribution in [0.25, 0.3) is 0 Å². The van der Waals surface area contributed by atoms with E-state index in [1.54, 1.807) is 24.3 Å². The Hall–Kier alpha value is -2.88. The fourth-order valence-corrected chi connectivity index (χ4v) is 2.35. The lowest BCUT2D eigenvalue weighted by atomic mass is 10.0. The van der Waals surface area contributed by atoms with Crippen LogP contribution in [0.1, 0.15) is 25.3 Å². The summed E-state index contributed by atoms with van der Waals surface area (Å²) in [5.41, 5.74) is 0.587. The number of rotatable bonds is 5. The third-order valence-corrected chi connectivity index (χ3v) is 3.69. The first-order chi connectivity index (χ1) is 12.0. The van der Waals surface area contributed by atoms with Crippen molar-refractivity contribution >= 4 is 0 Å². The van der Waals surface area contributed by atoms with E-state index in [9.17, 15) is 8.78 Å². The molecule has 3 rings (SSSR count). The van der Waals surface area contributed by atoms with Gasteiger partial charge in [0.05, 0.1) is 0 Å². The second-order valence-electron chi connectivity index (χ2n) is 5.96. The van der Waals surface area contributed by atoms with E-state index in [0.717, 1.165) is 0 Å². The Morgan fingerprint density at radius 1 is 0.680 bits per heavy atom. The van der Waals surface area contributed by atoms with E-state index >= 15 is 0 Å². The maximum absolute atomic E-state index is 14.2. The maximum atomic E-state index is 14.2. The molecule has 0 heterocycles. The van der Waals surface area contributed by atoms with Crippen LogP contribution in [0, 0.1) is 11.6 Å². The van der Waals surface area contributed by atoms with Crippen molar-refractivity contribution in [3.63, 3.8) is 0 Å².